The van der Waals surface area contributed by atoms with E-state index in [1.165, 1.54) is 0 Å². The molecule has 0 radical (unpaired) electrons. The molecule has 4 heteroatoms. The molecule has 1 aliphatic rings. The van der Waals surface area contributed by atoms with Gasteiger partial charge in [-0.2, -0.15) is 0 Å². The third-order valence-corrected chi connectivity index (χ3v) is 3.22. The molecule has 0 aromatic carbocycles. The summed E-state index contributed by atoms with van der Waals surface area (Å²) >= 11 is 0. The Morgan fingerprint density at radius 1 is 1.65 bits per heavy atom. The molecule has 1 rings (SSSR count). The summed E-state index contributed by atoms with van der Waals surface area (Å²) in [6, 6.07) is -0.441. The molecule has 2 N–H and O–H groups in total. The van der Waals surface area contributed by atoms with Crippen LogP contribution in [0.5, 0.6) is 0 Å². The summed E-state index contributed by atoms with van der Waals surface area (Å²) in [5.41, 5.74) is -0.631. The number of nitrogens with one attached hydrogen (secondary N) is 2. The van der Waals surface area contributed by atoms with Crippen molar-refractivity contribution in [2.24, 2.45) is 0 Å². The van der Waals surface area contributed by atoms with Crippen molar-refractivity contribution in [3.05, 3.63) is 0 Å². The summed E-state index contributed by atoms with van der Waals surface area (Å²) in [6.07, 6.45) is 8.98. The molecule has 2 atom stereocenters. The zero-order chi connectivity index (χ0) is 12.9. The van der Waals surface area contributed by atoms with Crippen molar-refractivity contribution in [1.29, 1.82) is 0 Å². The number of hydrogen-bond acceptors (Lipinski definition) is 2. The van der Waals surface area contributed by atoms with Gasteiger partial charge >= 0.3 is 0 Å². The maximum Gasteiger partial charge on any atom is 0.243 e. The van der Waals surface area contributed by atoms with Crippen LogP contribution in [0.3, 0.4) is 0 Å². The zero-order valence-electron chi connectivity index (χ0n) is 10.5. The maximum absolute atomic E-state index is 12.0. The van der Waals surface area contributed by atoms with E-state index >= 15 is 0 Å². The van der Waals surface area contributed by atoms with Crippen LogP contribution in [0.1, 0.15) is 46.0 Å². The van der Waals surface area contributed by atoms with Gasteiger partial charge in [0.05, 0.1) is 5.54 Å². The largest absolute Gasteiger partial charge is 0.344 e. The lowest BCUT2D eigenvalue weighted by atomic mass is 9.99. The van der Waals surface area contributed by atoms with Crippen LogP contribution >= 0.6 is 0 Å². The number of rotatable bonds is 3. The van der Waals surface area contributed by atoms with Gasteiger partial charge < -0.3 is 10.6 Å². The minimum atomic E-state index is -0.631. The van der Waals surface area contributed by atoms with Gasteiger partial charge in [0.2, 0.25) is 11.8 Å². The van der Waals surface area contributed by atoms with Gasteiger partial charge in [-0.3, -0.25) is 9.59 Å². The molecule has 4 nitrogen and oxygen atoms in total. The van der Waals surface area contributed by atoms with Crippen molar-refractivity contribution in [3.63, 3.8) is 0 Å². The van der Waals surface area contributed by atoms with E-state index in [0.717, 1.165) is 12.8 Å². The number of terminal acetylenes is 1. The first kappa shape index (κ1) is 13.6. The molecule has 1 heterocycles. The van der Waals surface area contributed by atoms with Gasteiger partial charge in [-0.05, 0) is 26.2 Å². The molecule has 94 valence electrons. The minimum absolute atomic E-state index is 0.0541. The fourth-order valence-electron chi connectivity index (χ4n) is 1.75. The second-order valence-corrected chi connectivity index (χ2v) is 4.69. The van der Waals surface area contributed by atoms with Crippen LogP contribution in [0.2, 0.25) is 0 Å². The summed E-state index contributed by atoms with van der Waals surface area (Å²) in [7, 11) is 0. The van der Waals surface area contributed by atoms with E-state index in [1.54, 1.807) is 0 Å². The molecular formula is C13H20N2O2. The molecule has 0 spiro atoms. The monoisotopic (exact) mass is 236 g/mol. The van der Waals surface area contributed by atoms with Crippen LogP contribution in [0, 0.1) is 12.3 Å². The van der Waals surface area contributed by atoms with Gasteiger partial charge in [0, 0.05) is 6.42 Å². The summed E-state index contributed by atoms with van der Waals surface area (Å²) in [6.45, 7) is 3.73. The van der Waals surface area contributed by atoms with Gasteiger partial charge in [0.1, 0.15) is 6.04 Å². The minimum Gasteiger partial charge on any atom is -0.344 e. The Hall–Kier alpha value is -1.50. The first-order valence-corrected chi connectivity index (χ1v) is 6.10. The van der Waals surface area contributed by atoms with E-state index in [0.29, 0.717) is 19.3 Å². The molecule has 2 amide bonds. The Balaban J connectivity index is 2.63. The van der Waals surface area contributed by atoms with Crippen molar-refractivity contribution in [1.82, 2.24) is 10.6 Å². The number of carbonyl (C=O) groups excluding carboxylic acids is 2. The fraction of sp³-hybridized carbons (Fsp3) is 0.692. The molecular weight excluding hydrogens is 216 g/mol. The van der Waals surface area contributed by atoms with Crippen LogP contribution in [0.25, 0.3) is 0 Å². The molecule has 1 aliphatic heterocycles. The van der Waals surface area contributed by atoms with E-state index < -0.39 is 11.6 Å². The summed E-state index contributed by atoms with van der Waals surface area (Å²) in [4.78, 5) is 23.4. The molecule has 17 heavy (non-hydrogen) atoms. The predicted molar refractivity (Wildman–Crippen MR) is 66.1 cm³/mol. The van der Waals surface area contributed by atoms with E-state index in [2.05, 4.69) is 16.6 Å². The molecule has 1 saturated heterocycles. The Morgan fingerprint density at radius 3 is 2.94 bits per heavy atom. The lowest BCUT2D eigenvalue weighted by Gasteiger charge is -2.26. The summed E-state index contributed by atoms with van der Waals surface area (Å²) in [5, 5.41) is 5.55. The lowest BCUT2D eigenvalue weighted by Crippen LogP contribution is -2.53. The van der Waals surface area contributed by atoms with Gasteiger partial charge in [-0.1, -0.05) is 19.3 Å². The smallest absolute Gasteiger partial charge is 0.243 e. The average Bonchev–Trinajstić information content (AvgIpc) is 2.53. The highest BCUT2D eigenvalue weighted by Crippen LogP contribution is 2.12. The Bertz CT molecular complexity index is 346. The number of carbonyl (C=O) groups is 2. The molecule has 0 saturated carbocycles. The van der Waals surface area contributed by atoms with Gasteiger partial charge in [-0.15, -0.1) is 6.42 Å². The van der Waals surface area contributed by atoms with Crippen LogP contribution < -0.4 is 10.6 Å². The third kappa shape index (κ3) is 3.77. The van der Waals surface area contributed by atoms with Crippen LogP contribution in [-0.4, -0.2) is 23.4 Å². The highest BCUT2D eigenvalue weighted by Gasteiger charge is 2.28. The number of hydrogen-bond donors (Lipinski definition) is 2. The molecule has 0 aromatic heterocycles. The van der Waals surface area contributed by atoms with E-state index in [1.807, 2.05) is 13.8 Å². The molecule has 0 aromatic rings. The van der Waals surface area contributed by atoms with Gasteiger partial charge in [0.15, 0.2) is 0 Å². The van der Waals surface area contributed by atoms with Crippen LogP contribution in [0.15, 0.2) is 0 Å². The summed E-state index contributed by atoms with van der Waals surface area (Å²) < 4.78 is 0. The first-order valence-electron chi connectivity index (χ1n) is 6.10. The summed E-state index contributed by atoms with van der Waals surface area (Å²) in [5.74, 6) is 2.35. The Labute approximate surface area is 103 Å². The molecule has 1 fully saturated rings. The van der Waals surface area contributed by atoms with E-state index in [-0.39, 0.29) is 11.8 Å². The van der Waals surface area contributed by atoms with Crippen molar-refractivity contribution in [3.8, 4) is 12.3 Å². The second kappa shape index (κ2) is 5.72. The van der Waals surface area contributed by atoms with Crippen LogP contribution in [0.4, 0.5) is 0 Å². The normalized spacial score (nSPS) is 23.8. The molecule has 0 bridgehead atoms. The standard InChI is InChI=1S/C13H20N2O2/c1-4-13(3,5-2)15-12(17)10-8-6-7-9-11(16)14-10/h1,10H,5-9H2,2-3H3,(H,14,16)(H,15,17)/t10-,13-/m1/s1. The number of amides is 2. The average molecular weight is 236 g/mol. The van der Waals surface area contributed by atoms with Crippen molar-refractivity contribution in [2.75, 3.05) is 0 Å². The zero-order valence-corrected chi connectivity index (χ0v) is 10.5. The predicted octanol–water partition coefficient (Wildman–Crippen LogP) is 0.963. The van der Waals surface area contributed by atoms with Gasteiger partial charge in [-0.25, -0.2) is 0 Å². The lowest BCUT2D eigenvalue weighted by molar-refractivity contribution is -0.129. The second-order valence-electron chi connectivity index (χ2n) is 4.69. The van der Waals surface area contributed by atoms with Crippen molar-refractivity contribution >= 4 is 11.8 Å². The topological polar surface area (TPSA) is 58.2 Å². The molecule has 0 unspecified atom stereocenters. The quantitative estimate of drug-likeness (QED) is 0.717. The molecule has 0 aliphatic carbocycles. The maximum atomic E-state index is 12.0. The van der Waals surface area contributed by atoms with Crippen LogP contribution in [-0.2, 0) is 9.59 Å². The third-order valence-electron chi connectivity index (χ3n) is 3.22. The highest BCUT2D eigenvalue weighted by atomic mass is 16.2. The van der Waals surface area contributed by atoms with E-state index in [9.17, 15) is 9.59 Å². The Kier molecular flexibility index (Phi) is 4.56. The van der Waals surface area contributed by atoms with Gasteiger partial charge in [0.25, 0.3) is 0 Å². The van der Waals surface area contributed by atoms with Crippen molar-refractivity contribution in [2.45, 2.75) is 57.5 Å². The van der Waals surface area contributed by atoms with Crippen molar-refractivity contribution < 1.29 is 9.59 Å². The Morgan fingerprint density at radius 2 is 2.35 bits per heavy atom. The highest BCUT2D eigenvalue weighted by molar-refractivity contribution is 5.88. The van der Waals surface area contributed by atoms with E-state index in [4.69, 9.17) is 6.42 Å². The fourth-order valence-corrected chi connectivity index (χ4v) is 1.75. The first-order chi connectivity index (χ1) is 8.00. The SMILES string of the molecule is C#C[C@](C)(CC)NC(=O)[C@H]1CCCCC(=O)N1.